The van der Waals surface area contributed by atoms with Gasteiger partial charge in [0.2, 0.25) is 5.91 Å². The smallest absolute Gasteiger partial charge is 0.261 e. The van der Waals surface area contributed by atoms with Crippen molar-refractivity contribution in [3.8, 4) is 0 Å². The molecule has 0 saturated carbocycles. The number of para-hydroxylation sites is 1. The molecule has 136 valence electrons. The first-order valence-corrected chi connectivity index (χ1v) is 8.70. The number of halogens is 1. The number of alkyl halides is 1. The Labute approximate surface area is 152 Å². The standard InChI is InChI=1S/C18H24ClN3O3/c1-12(20-17(24)18(2,3)11-19)15-21-14-8-6-5-7-13(14)16(23)22(15)9-10-25-4/h5-8,12H,9-11H2,1-4H3,(H,20,24)/t12-/m0/s1. The van der Waals surface area contributed by atoms with Gasteiger partial charge in [-0.2, -0.15) is 0 Å². The van der Waals surface area contributed by atoms with Gasteiger partial charge in [-0.1, -0.05) is 12.1 Å². The largest absolute Gasteiger partial charge is 0.383 e. The fourth-order valence-electron chi connectivity index (χ4n) is 2.43. The van der Waals surface area contributed by atoms with Crippen LogP contribution in [0.1, 0.15) is 32.6 Å². The predicted molar refractivity (Wildman–Crippen MR) is 98.9 cm³/mol. The fraction of sp³-hybridized carbons (Fsp3) is 0.500. The van der Waals surface area contributed by atoms with Crippen molar-refractivity contribution in [2.24, 2.45) is 5.41 Å². The quantitative estimate of drug-likeness (QED) is 0.765. The van der Waals surface area contributed by atoms with Crippen LogP contribution >= 0.6 is 11.6 Å². The summed E-state index contributed by atoms with van der Waals surface area (Å²) < 4.78 is 6.67. The number of hydrogen-bond donors (Lipinski definition) is 1. The van der Waals surface area contributed by atoms with Gasteiger partial charge in [0, 0.05) is 13.0 Å². The summed E-state index contributed by atoms with van der Waals surface area (Å²) in [7, 11) is 1.58. The molecule has 1 amide bonds. The highest BCUT2D eigenvalue weighted by Gasteiger charge is 2.29. The molecule has 0 radical (unpaired) electrons. The number of hydrogen-bond acceptors (Lipinski definition) is 4. The molecular formula is C18H24ClN3O3. The van der Waals surface area contributed by atoms with Crippen molar-refractivity contribution in [1.29, 1.82) is 0 Å². The number of ether oxygens (including phenoxy) is 1. The molecule has 2 aromatic rings. The van der Waals surface area contributed by atoms with Crippen LogP contribution in [0.4, 0.5) is 0 Å². The molecule has 0 aliphatic heterocycles. The summed E-state index contributed by atoms with van der Waals surface area (Å²) in [6.07, 6.45) is 0. The van der Waals surface area contributed by atoms with Gasteiger partial charge in [-0.15, -0.1) is 11.6 Å². The number of carbonyl (C=O) groups excluding carboxylic acids is 1. The number of rotatable bonds is 7. The van der Waals surface area contributed by atoms with Gasteiger partial charge in [0.1, 0.15) is 5.82 Å². The lowest BCUT2D eigenvalue weighted by atomic mass is 9.95. The lowest BCUT2D eigenvalue weighted by Gasteiger charge is -2.25. The van der Waals surface area contributed by atoms with E-state index in [0.29, 0.717) is 29.9 Å². The van der Waals surface area contributed by atoms with E-state index >= 15 is 0 Å². The van der Waals surface area contributed by atoms with Gasteiger partial charge in [-0.25, -0.2) is 4.98 Å². The van der Waals surface area contributed by atoms with Crippen molar-refractivity contribution < 1.29 is 9.53 Å². The summed E-state index contributed by atoms with van der Waals surface area (Å²) in [4.78, 5) is 29.9. The number of nitrogens with zero attached hydrogens (tertiary/aromatic N) is 2. The zero-order valence-corrected chi connectivity index (χ0v) is 15.8. The van der Waals surface area contributed by atoms with Crippen LogP contribution in [0.3, 0.4) is 0 Å². The van der Waals surface area contributed by atoms with Crippen molar-refractivity contribution in [1.82, 2.24) is 14.9 Å². The lowest BCUT2D eigenvalue weighted by molar-refractivity contribution is -0.129. The first-order valence-electron chi connectivity index (χ1n) is 8.17. The van der Waals surface area contributed by atoms with Gasteiger partial charge in [-0.3, -0.25) is 14.2 Å². The second-order valence-electron chi connectivity index (χ2n) is 6.65. The highest BCUT2D eigenvalue weighted by Crippen LogP contribution is 2.20. The average Bonchev–Trinajstić information content (AvgIpc) is 2.60. The minimum atomic E-state index is -0.704. The van der Waals surface area contributed by atoms with E-state index in [1.807, 2.05) is 13.0 Å². The van der Waals surface area contributed by atoms with Crippen LogP contribution in [0, 0.1) is 5.41 Å². The Balaban J connectivity index is 2.47. The van der Waals surface area contributed by atoms with Crippen LogP contribution in [-0.4, -0.2) is 35.1 Å². The Bertz CT molecular complexity index is 817. The lowest BCUT2D eigenvalue weighted by Crippen LogP contribution is -2.41. The topological polar surface area (TPSA) is 73.2 Å². The molecule has 7 heteroatoms. The summed E-state index contributed by atoms with van der Waals surface area (Å²) in [5, 5.41) is 3.45. The van der Waals surface area contributed by atoms with Crippen LogP contribution in [-0.2, 0) is 16.1 Å². The minimum absolute atomic E-state index is 0.143. The number of amides is 1. The Morgan fingerprint density at radius 2 is 2.08 bits per heavy atom. The molecule has 0 fully saturated rings. The van der Waals surface area contributed by atoms with Gasteiger partial charge in [-0.05, 0) is 32.9 Å². The van der Waals surface area contributed by atoms with Crippen LogP contribution in [0.25, 0.3) is 10.9 Å². The first kappa shape index (κ1) is 19.4. The van der Waals surface area contributed by atoms with Crippen LogP contribution in [0.15, 0.2) is 29.1 Å². The monoisotopic (exact) mass is 365 g/mol. The number of benzene rings is 1. The molecule has 1 aromatic heterocycles. The van der Waals surface area contributed by atoms with Gasteiger partial charge in [0.25, 0.3) is 5.56 Å². The average molecular weight is 366 g/mol. The highest BCUT2D eigenvalue weighted by molar-refractivity contribution is 6.19. The zero-order chi connectivity index (χ0) is 18.6. The maximum atomic E-state index is 12.8. The maximum Gasteiger partial charge on any atom is 0.261 e. The molecule has 0 unspecified atom stereocenters. The molecule has 0 saturated heterocycles. The van der Waals surface area contributed by atoms with Gasteiger partial charge in [0.05, 0.1) is 35.5 Å². The number of methoxy groups -OCH3 is 1. The molecule has 1 aromatic carbocycles. The second-order valence-corrected chi connectivity index (χ2v) is 6.92. The predicted octanol–water partition coefficient (Wildman–Crippen LogP) is 2.49. The molecule has 0 bridgehead atoms. The third-order valence-electron chi connectivity index (χ3n) is 4.09. The number of aromatic nitrogens is 2. The van der Waals surface area contributed by atoms with E-state index in [9.17, 15) is 9.59 Å². The van der Waals surface area contributed by atoms with Crippen LogP contribution in [0.2, 0.25) is 0 Å². The van der Waals surface area contributed by atoms with E-state index in [1.54, 1.807) is 43.7 Å². The first-order chi connectivity index (χ1) is 11.8. The third-order valence-corrected chi connectivity index (χ3v) is 4.76. The summed E-state index contributed by atoms with van der Waals surface area (Å²) in [6.45, 7) is 6.09. The highest BCUT2D eigenvalue weighted by atomic mass is 35.5. The SMILES string of the molecule is COCCn1c([C@H](C)NC(=O)C(C)(C)CCl)nc2ccccc2c1=O. The fourth-order valence-corrected chi connectivity index (χ4v) is 2.55. The van der Waals surface area contributed by atoms with E-state index < -0.39 is 11.5 Å². The Hall–Kier alpha value is -1.92. The Morgan fingerprint density at radius 1 is 1.40 bits per heavy atom. The molecule has 1 heterocycles. The van der Waals surface area contributed by atoms with Crippen LogP contribution in [0.5, 0.6) is 0 Å². The molecule has 2 rings (SSSR count). The van der Waals surface area contributed by atoms with E-state index in [0.717, 1.165) is 0 Å². The van der Waals surface area contributed by atoms with Crippen molar-refractivity contribution >= 4 is 28.4 Å². The normalized spacial score (nSPS) is 13.0. The zero-order valence-electron chi connectivity index (χ0n) is 15.0. The molecule has 25 heavy (non-hydrogen) atoms. The van der Waals surface area contributed by atoms with E-state index in [1.165, 1.54) is 0 Å². The Morgan fingerprint density at radius 3 is 2.72 bits per heavy atom. The van der Waals surface area contributed by atoms with Crippen molar-refractivity contribution in [3.63, 3.8) is 0 Å². The van der Waals surface area contributed by atoms with E-state index in [2.05, 4.69) is 10.3 Å². The molecule has 0 aliphatic carbocycles. The molecule has 0 aliphatic rings. The molecule has 1 N–H and O–H groups in total. The summed E-state index contributed by atoms with van der Waals surface area (Å²) >= 11 is 5.87. The van der Waals surface area contributed by atoms with Gasteiger partial charge < -0.3 is 10.1 Å². The van der Waals surface area contributed by atoms with Crippen molar-refractivity contribution in [2.75, 3.05) is 19.6 Å². The number of fused-ring (bicyclic) bond motifs is 1. The second kappa shape index (κ2) is 7.97. The molecule has 0 spiro atoms. The Kier molecular flexibility index (Phi) is 6.19. The minimum Gasteiger partial charge on any atom is -0.383 e. The molecular weight excluding hydrogens is 342 g/mol. The van der Waals surface area contributed by atoms with E-state index in [4.69, 9.17) is 16.3 Å². The summed E-state index contributed by atoms with van der Waals surface area (Å²) in [5.74, 6) is 0.517. The summed E-state index contributed by atoms with van der Waals surface area (Å²) in [5.41, 5.74) is -0.242. The number of nitrogens with one attached hydrogen (secondary N) is 1. The van der Waals surface area contributed by atoms with Gasteiger partial charge >= 0.3 is 0 Å². The summed E-state index contributed by atoms with van der Waals surface area (Å²) in [6, 6.07) is 6.73. The van der Waals surface area contributed by atoms with Gasteiger partial charge in [0.15, 0.2) is 0 Å². The van der Waals surface area contributed by atoms with Crippen molar-refractivity contribution in [2.45, 2.75) is 33.4 Å². The third kappa shape index (κ3) is 4.19. The van der Waals surface area contributed by atoms with Crippen molar-refractivity contribution in [3.05, 3.63) is 40.4 Å². The van der Waals surface area contributed by atoms with E-state index in [-0.39, 0.29) is 17.3 Å². The maximum absolute atomic E-state index is 12.8. The molecule has 6 nitrogen and oxygen atoms in total. The molecule has 1 atom stereocenters. The number of carbonyl (C=O) groups is 1. The van der Waals surface area contributed by atoms with Crippen LogP contribution < -0.4 is 10.9 Å².